The average molecular weight is 793 g/mol. The van der Waals surface area contributed by atoms with Gasteiger partial charge in [-0.15, -0.1) is 0 Å². The van der Waals surface area contributed by atoms with Gasteiger partial charge in [-0.25, -0.2) is 28.6 Å². The van der Waals surface area contributed by atoms with E-state index in [1.54, 1.807) is 0 Å². The SMILES string of the molecule is CC(C)(COP(=O)(O)OP(=O)(O)OC[C@H]1O[C@@H](n2cnc3c(N)ncnc32)[C@H](O)[C@@H]1OP(=O)(O)O)[C@@H](O)C(=O)NCCC(=O)NCCCC(N)=O. The Bertz CT molecular complexity index is 1710. The van der Waals surface area contributed by atoms with Gasteiger partial charge < -0.3 is 56.6 Å². The minimum atomic E-state index is -5.56. The molecule has 288 valence electrons. The molecule has 1 aliphatic rings. The van der Waals surface area contributed by atoms with Crippen LogP contribution in [0.5, 0.6) is 0 Å². The van der Waals surface area contributed by atoms with Crippen molar-refractivity contribution in [3.63, 3.8) is 0 Å². The first kappa shape index (κ1) is 42.4. The number of carbonyl (C=O) groups excluding carboxylic acids is 3. The van der Waals surface area contributed by atoms with Gasteiger partial charge in [-0.05, 0) is 6.42 Å². The highest BCUT2D eigenvalue weighted by molar-refractivity contribution is 7.61. The molecule has 3 rings (SSSR count). The third-order valence-electron chi connectivity index (χ3n) is 7.00. The van der Waals surface area contributed by atoms with Gasteiger partial charge in [-0.3, -0.25) is 32.5 Å². The molecule has 0 aromatic carbocycles. The number of hydrogen-bond acceptors (Lipinski definition) is 17. The maximum Gasteiger partial charge on any atom is 0.481 e. The van der Waals surface area contributed by atoms with Crippen molar-refractivity contribution < 1.29 is 80.5 Å². The molecule has 28 heteroatoms. The number of ether oxygens (including phenoxy) is 1. The molecule has 2 aromatic heterocycles. The number of fused-ring (bicyclic) bond motifs is 1. The standard InChI is InChI=1S/C23H39N8O17P3/c1-23(2,18(35)21(36)27-7-5-14(33)26-6-3-4-13(24)32)9-45-51(42,43)48-50(40,41)44-8-12-17(47-49(37,38)39)16(34)22(46-12)31-11-30-15-19(25)28-10-29-20(15)31/h10-12,16-18,22,34-35H,3-9H2,1-2H3,(H2,24,32)(H,26,33)(H,27,36)(H,40,41)(H,42,43)(H2,25,28,29)(H2,37,38,39)/t12-,16-,17-,18+,22-/m1/s1. The minimum Gasteiger partial charge on any atom is -0.386 e. The van der Waals surface area contributed by atoms with Gasteiger partial charge in [0.1, 0.15) is 36.3 Å². The maximum absolute atomic E-state index is 12.6. The number of nitrogens with one attached hydrogen (secondary N) is 2. The van der Waals surface area contributed by atoms with Crippen LogP contribution in [0.4, 0.5) is 5.82 Å². The molecule has 1 aliphatic heterocycles. The lowest BCUT2D eigenvalue weighted by molar-refractivity contribution is -0.137. The van der Waals surface area contributed by atoms with E-state index in [4.69, 9.17) is 25.3 Å². The summed E-state index contributed by atoms with van der Waals surface area (Å²) in [6.45, 7) is 0.430. The van der Waals surface area contributed by atoms with Crippen LogP contribution in [0.3, 0.4) is 0 Å². The number of rotatable bonds is 20. The summed E-state index contributed by atoms with van der Waals surface area (Å²) >= 11 is 0. The number of anilines is 1. The molecule has 0 saturated carbocycles. The highest BCUT2D eigenvalue weighted by Crippen LogP contribution is 2.61. The molecule has 1 fully saturated rings. The lowest BCUT2D eigenvalue weighted by Crippen LogP contribution is -2.46. The van der Waals surface area contributed by atoms with Gasteiger partial charge in [0, 0.05) is 31.3 Å². The zero-order valence-electron chi connectivity index (χ0n) is 27.0. The number of hydrogen-bond donors (Lipinski definition) is 10. The first-order valence-electron chi connectivity index (χ1n) is 14.7. The van der Waals surface area contributed by atoms with Crippen LogP contribution in [-0.4, -0.2) is 118 Å². The number of phosphoric acid groups is 3. The Labute approximate surface area is 288 Å². The zero-order valence-corrected chi connectivity index (χ0v) is 29.6. The Balaban J connectivity index is 1.55. The van der Waals surface area contributed by atoms with Gasteiger partial charge >= 0.3 is 23.5 Å². The molecule has 0 spiro atoms. The Morgan fingerprint density at radius 1 is 1.04 bits per heavy atom. The number of nitrogens with two attached hydrogens (primary N) is 2. The van der Waals surface area contributed by atoms with Crippen molar-refractivity contribution in [3.8, 4) is 0 Å². The summed E-state index contributed by atoms with van der Waals surface area (Å²) < 4.78 is 61.8. The predicted octanol–water partition coefficient (Wildman–Crippen LogP) is -2.33. The van der Waals surface area contributed by atoms with Crippen molar-refractivity contribution in [2.24, 2.45) is 11.1 Å². The number of primary amides is 1. The number of aromatic nitrogens is 4. The molecular formula is C23H39N8O17P3. The number of phosphoric ester groups is 3. The largest absolute Gasteiger partial charge is 0.481 e. The number of aliphatic hydroxyl groups is 2. The molecule has 0 bridgehead atoms. The van der Waals surface area contributed by atoms with Crippen LogP contribution in [0, 0.1) is 5.41 Å². The van der Waals surface area contributed by atoms with E-state index >= 15 is 0 Å². The summed E-state index contributed by atoms with van der Waals surface area (Å²) in [6, 6.07) is 0. The molecule has 1 saturated heterocycles. The summed E-state index contributed by atoms with van der Waals surface area (Å²) in [5.41, 5.74) is 9.25. The normalized spacial score (nSPS) is 22.6. The molecule has 7 atom stereocenters. The van der Waals surface area contributed by atoms with E-state index in [1.165, 1.54) is 13.8 Å². The van der Waals surface area contributed by atoms with Crippen LogP contribution in [0.25, 0.3) is 11.2 Å². The molecule has 2 aromatic rings. The molecular weight excluding hydrogens is 753 g/mol. The van der Waals surface area contributed by atoms with Crippen molar-refractivity contribution in [2.75, 3.05) is 32.0 Å². The van der Waals surface area contributed by atoms with E-state index < -0.39 is 90.5 Å². The van der Waals surface area contributed by atoms with E-state index in [2.05, 4.69) is 34.4 Å². The minimum absolute atomic E-state index is 0.0284. The van der Waals surface area contributed by atoms with Gasteiger partial charge in [0.05, 0.1) is 19.5 Å². The van der Waals surface area contributed by atoms with Gasteiger partial charge in [0.2, 0.25) is 17.7 Å². The van der Waals surface area contributed by atoms with Crippen molar-refractivity contribution in [1.82, 2.24) is 30.2 Å². The van der Waals surface area contributed by atoms with Crippen molar-refractivity contribution >= 4 is 58.2 Å². The number of nitrogen functional groups attached to an aromatic ring is 1. The molecule has 51 heavy (non-hydrogen) atoms. The molecule has 0 aliphatic carbocycles. The summed E-state index contributed by atoms with van der Waals surface area (Å²) in [6.07, 6.45) is -6.53. The predicted molar refractivity (Wildman–Crippen MR) is 168 cm³/mol. The maximum atomic E-state index is 12.6. The Kier molecular flexibility index (Phi) is 14.3. The van der Waals surface area contributed by atoms with Crippen LogP contribution < -0.4 is 22.1 Å². The van der Waals surface area contributed by atoms with E-state index in [0.29, 0.717) is 6.42 Å². The number of amides is 3. The number of aliphatic hydroxyl groups excluding tert-OH is 2. The fraction of sp³-hybridized carbons (Fsp3) is 0.652. The van der Waals surface area contributed by atoms with Crippen molar-refractivity contribution in [1.29, 1.82) is 0 Å². The Morgan fingerprint density at radius 3 is 2.35 bits per heavy atom. The summed E-state index contributed by atoms with van der Waals surface area (Å²) in [5.74, 6) is -2.02. The summed E-state index contributed by atoms with van der Waals surface area (Å²) in [5, 5.41) is 26.1. The zero-order chi connectivity index (χ0) is 38.4. The highest BCUT2D eigenvalue weighted by Gasteiger charge is 2.50. The first-order chi connectivity index (χ1) is 23.5. The molecule has 25 nitrogen and oxygen atoms in total. The van der Waals surface area contributed by atoms with Crippen LogP contribution in [0.2, 0.25) is 0 Å². The van der Waals surface area contributed by atoms with Gasteiger partial charge in [-0.2, -0.15) is 4.31 Å². The number of nitrogens with zero attached hydrogens (tertiary/aromatic N) is 4. The van der Waals surface area contributed by atoms with Crippen LogP contribution in [0.15, 0.2) is 12.7 Å². The topological polar surface area (TPSA) is 390 Å². The summed E-state index contributed by atoms with van der Waals surface area (Å²) in [4.78, 5) is 85.7. The van der Waals surface area contributed by atoms with E-state index in [1.807, 2.05) is 0 Å². The quantitative estimate of drug-likeness (QED) is 0.0496. The number of carbonyl (C=O) groups is 3. The third kappa shape index (κ3) is 12.6. The molecule has 3 amide bonds. The lowest BCUT2D eigenvalue weighted by atomic mass is 9.87. The molecule has 0 radical (unpaired) electrons. The Morgan fingerprint density at radius 2 is 1.71 bits per heavy atom. The molecule has 2 unspecified atom stereocenters. The van der Waals surface area contributed by atoms with E-state index in [9.17, 15) is 57.9 Å². The van der Waals surface area contributed by atoms with Crippen LogP contribution in [-0.2, 0) is 50.7 Å². The lowest BCUT2D eigenvalue weighted by Gasteiger charge is -2.30. The Hall–Kier alpha value is -2.99. The third-order valence-corrected chi connectivity index (χ3v) is 10.1. The molecule has 3 heterocycles. The van der Waals surface area contributed by atoms with Crippen LogP contribution >= 0.6 is 23.5 Å². The summed E-state index contributed by atoms with van der Waals surface area (Å²) in [7, 11) is -16.4. The average Bonchev–Trinajstić information content (AvgIpc) is 3.57. The second-order valence-electron chi connectivity index (χ2n) is 11.6. The number of imidazole rings is 1. The van der Waals surface area contributed by atoms with Gasteiger partial charge in [0.25, 0.3) is 0 Å². The van der Waals surface area contributed by atoms with Gasteiger partial charge in [0.15, 0.2) is 17.7 Å². The second-order valence-corrected chi connectivity index (χ2v) is 15.9. The van der Waals surface area contributed by atoms with Crippen molar-refractivity contribution in [3.05, 3.63) is 12.7 Å². The monoisotopic (exact) mass is 792 g/mol. The highest BCUT2D eigenvalue weighted by atomic mass is 31.3. The fourth-order valence-electron chi connectivity index (χ4n) is 4.43. The fourth-order valence-corrected chi connectivity index (χ4v) is 7.26. The first-order valence-corrected chi connectivity index (χ1v) is 19.2. The van der Waals surface area contributed by atoms with Crippen LogP contribution in [0.1, 0.15) is 39.3 Å². The van der Waals surface area contributed by atoms with Crippen molar-refractivity contribution in [2.45, 2.75) is 63.8 Å². The molecule has 12 N–H and O–H groups in total. The van der Waals surface area contributed by atoms with E-state index in [-0.39, 0.29) is 42.9 Å². The van der Waals surface area contributed by atoms with Gasteiger partial charge in [-0.1, -0.05) is 13.8 Å². The smallest absolute Gasteiger partial charge is 0.386 e. The second kappa shape index (κ2) is 17.2. The van der Waals surface area contributed by atoms with E-state index in [0.717, 1.165) is 17.2 Å².